The third-order valence-electron chi connectivity index (χ3n) is 6.32. The van der Waals surface area contributed by atoms with E-state index in [1.807, 2.05) is 0 Å². The number of carbonyl (C=O) groups excluding carboxylic acids is 2. The molecule has 180 valence electrons. The molecule has 34 heavy (non-hydrogen) atoms. The van der Waals surface area contributed by atoms with Gasteiger partial charge in [0.1, 0.15) is 17.3 Å². The fourth-order valence-corrected chi connectivity index (χ4v) is 4.49. The highest BCUT2D eigenvalue weighted by molar-refractivity contribution is 6.46. The Labute approximate surface area is 199 Å². The van der Waals surface area contributed by atoms with Crippen molar-refractivity contribution in [3.63, 3.8) is 0 Å². The predicted octanol–water partition coefficient (Wildman–Crippen LogP) is 4.56. The molecule has 2 saturated heterocycles. The maximum Gasteiger partial charge on any atom is 0.295 e. The van der Waals surface area contributed by atoms with Gasteiger partial charge in [-0.15, -0.1) is 0 Å². The minimum atomic E-state index is -0.769. The lowest BCUT2D eigenvalue weighted by Crippen LogP contribution is -2.36. The molecule has 7 nitrogen and oxygen atoms in total. The second-order valence-corrected chi connectivity index (χ2v) is 8.76. The molecule has 2 heterocycles. The number of benzene rings is 2. The van der Waals surface area contributed by atoms with Crippen molar-refractivity contribution in [3.05, 3.63) is 65.2 Å². The number of aromatic hydroxyl groups is 1. The van der Waals surface area contributed by atoms with Gasteiger partial charge in [0, 0.05) is 18.7 Å². The highest BCUT2D eigenvalue weighted by Gasteiger charge is 2.47. The van der Waals surface area contributed by atoms with Crippen LogP contribution in [0.4, 0.5) is 0 Å². The lowest BCUT2D eigenvalue weighted by Gasteiger charge is -2.27. The second kappa shape index (κ2) is 10.7. The van der Waals surface area contributed by atoms with Gasteiger partial charge in [0.25, 0.3) is 11.7 Å². The van der Waals surface area contributed by atoms with Crippen molar-refractivity contribution in [2.75, 3.05) is 19.8 Å². The average molecular weight is 466 g/mol. The van der Waals surface area contributed by atoms with Crippen LogP contribution >= 0.6 is 0 Å². The minimum Gasteiger partial charge on any atom is -0.508 e. The van der Waals surface area contributed by atoms with Crippen molar-refractivity contribution in [1.82, 2.24) is 4.90 Å². The van der Waals surface area contributed by atoms with E-state index in [-0.39, 0.29) is 29.7 Å². The zero-order valence-electron chi connectivity index (χ0n) is 19.4. The van der Waals surface area contributed by atoms with Crippen LogP contribution in [0.25, 0.3) is 5.76 Å². The van der Waals surface area contributed by atoms with E-state index in [4.69, 9.17) is 9.47 Å². The lowest BCUT2D eigenvalue weighted by atomic mass is 9.95. The molecule has 2 N–H and O–H groups in total. The van der Waals surface area contributed by atoms with Crippen LogP contribution < -0.4 is 4.74 Å². The fraction of sp³-hybridized carbons (Fsp3) is 0.407. The summed E-state index contributed by atoms with van der Waals surface area (Å²) in [5, 5.41) is 20.9. The Morgan fingerprint density at radius 3 is 2.47 bits per heavy atom. The summed E-state index contributed by atoms with van der Waals surface area (Å²) in [4.78, 5) is 27.6. The van der Waals surface area contributed by atoms with Crippen molar-refractivity contribution < 1.29 is 29.3 Å². The van der Waals surface area contributed by atoms with Gasteiger partial charge >= 0.3 is 0 Å². The summed E-state index contributed by atoms with van der Waals surface area (Å²) in [6.45, 7) is 3.64. The van der Waals surface area contributed by atoms with Gasteiger partial charge in [-0.05, 0) is 61.2 Å². The number of ketones is 1. The van der Waals surface area contributed by atoms with Crippen LogP contribution in [0.15, 0.2) is 54.1 Å². The molecule has 7 heteroatoms. The van der Waals surface area contributed by atoms with Gasteiger partial charge < -0.3 is 24.6 Å². The standard InChI is InChI=1S/C27H31NO6/c1-2-3-4-15-33-21-13-9-19(10-14-21)25(30)23-24(18-7-11-20(29)12-8-18)28(27(32)26(23)31)17-22-6-5-16-34-22/h7-14,22,24,29-30H,2-6,15-17H2,1H3/b25-23-. The van der Waals surface area contributed by atoms with Crippen molar-refractivity contribution in [3.8, 4) is 11.5 Å². The number of phenols is 1. The van der Waals surface area contributed by atoms with Gasteiger partial charge in [-0.2, -0.15) is 0 Å². The van der Waals surface area contributed by atoms with E-state index in [1.165, 1.54) is 17.0 Å². The van der Waals surface area contributed by atoms with Crippen LogP contribution in [0.2, 0.25) is 0 Å². The summed E-state index contributed by atoms with van der Waals surface area (Å²) in [6, 6.07) is 12.4. The highest BCUT2D eigenvalue weighted by atomic mass is 16.5. The van der Waals surface area contributed by atoms with Crippen molar-refractivity contribution >= 4 is 17.4 Å². The first-order valence-electron chi connectivity index (χ1n) is 11.9. The second-order valence-electron chi connectivity index (χ2n) is 8.76. The summed E-state index contributed by atoms with van der Waals surface area (Å²) in [5.74, 6) is -0.862. The molecule has 2 aromatic carbocycles. The molecule has 0 aromatic heterocycles. The topological polar surface area (TPSA) is 96.3 Å². The zero-order valence-corrected chi connectivity index (χ0v) is 19.4. The molecule has 2 aliphatic heterocycles. The Kier molecular flexibility index (Phi) is 7.53. The molecular formula is C27H31NO6. The predicted molar refractivity (Wildman–Crippen MR) is 128 cm³/mol. The van der Waals surface area contributed by atoms with Gasteiger partial charge in [0.2, 0.25) is 0 Å². The number of hydrogen-bond donors (Lipinski definition) is 2. The van der Waals surface area contributed by atoms with E-state index >= 15 is 0 Å². The van der Waals surface area contributed by atoms with Gasteiger partial charge in [-0.25, -0.2) is 0 Å². The third-order valence-corrected chi connectivity index (χ3v) is 6.32. The largest absolute Gasteiger partial charge is 0.508 e. The number of ether oxygens (including phenoxy) is 2. The minimum absolute atomic E-state index is 0.0327. The molecule has 2 unspecified atom stereocenters. The number of rotatable bonds is 9. The van der Waals surface area contributed by atoms with Crippen molar-refractivity contribution in [2.45, 2.75) is 51.2 Å². The first-order valence-corrected chi connectivity index (χ1v) is 11.9. The Morgan fingerprint density at radius 2 is 1.82 bits per heavy atom. The summed E-state index contributed by atoms with van der Waals surface area (Å²) >= 11 is 0. The molecule has 0 aliphatic carbocycles. The first kappa shape index (κ1) is 23.8. The Balaban J connectivity index is 1.66. The highest BCUT2D eigenvalue weighted by Crippen LogP contribution is 2.40. The molecule has 0 saturated carbocycles. The molecule has 4 rings (SSSR count). The Hall–Kier alpha value is -3.32. The number of likely N-dealkylation sites (tertiary alicyclic amines) is 1. The molecule has 0 radical (unpaired) electrons. The van der Waals surface area contributed by atoms with Crippen LogP contribution in [0.1, 0.15) is 56.2 Å². The number of aliphatic hydroxyl groups is 1. The number of hydrogen-bond acceptors (Lipinski definition) is 6. The van der Waals surface area contributed by atoms with Crippen LogP contribution in [0.3, 0.4) is 0 Å². The Morgan fingerprint density at radius 1 is 1.09 bits per heavy atom. The van der Waals surface area contributed by atoms with Gasteiger partial charge in [-0.3, -0.25) is 9.59 Å². The summed E-state index contributed by atoms with van der Waals surface area (Å²) in [7, 11) is 0. The number of Topliss-reactive ketones (excluding diaryl/α,β-unsaturated/α-hetero) is 1. The maximum atomic E-state index is 13.1. The summed E-state index contributed by atoms with van der Waals surface area (Å²) in [6.07, 6.45) is 4.75. The molecule has 0 spiro atoms. The fourth-order valence-electron chi connectivity index (χ4n) is 4.49. The van der Waals surface area contributed by atoms with Crippen molar-refractivity contribution in [1.29, 1.82) is 0 Å². The molecule has 1 amide bonds. The number of aliphatic hydroxyl groups excluding tert-OH is 1. The van der Waals surface area contributed by atoms with Crippen LogP contribution in [0.5, 0.6) is 11.5 Å². The monoisotopic (exact) mass is 465 g/mol. The number of carbonyl (C=O) groups is 2. The molecule has 2 aliphatic rings. The molecular weight excluding hydrogens is 434 g/mol. The van der Waals surface area contributed by atoms with Crippen LogP contribution in [-0.4, -0.2) is 52.7 Å². The number of unbranched alkanes of at least 4 members (excludes halogenated alkanes) is 2. The number of nitrogens with zero attached hydrogens (tertiary/aromatic N) is 1. The van der Waals surface area contributed by atoms with E-state index in [1.54, 1.807) is 36.4 Å². The summed E-state index contributed by atoms with van der Waals surface area (Å²) in [5.41, 5.74) is 1.09. The normalized spacial score (nSPS) is 21.9. The summed E-state index contributed by atoms with van der Waals surface area (Å²) < 4.78 is 11.4. The molecule has 2 atom stereocenters. The molecule has 0 bridgehead atoms. The smallest absolute Gasteiger partial charge is 0.295 e. The van der Waals surface area contributed by atoms with Gasteiger partial charge in [-0.1, -0.05) is 31.9 Å². The van der Waals surface area contributed by atoms with Crippen molar-refractivity contribution in [2.24, 2.45) is 0 Å². The molecule has 2 aromatic rings. The van der Waals surface area contributed by atoms with E-state index < -0.39 is 17.7 Å². The van der Waals surface area contributed by atoms with E-state index in [0.29, 0.717) is 30.1 Å². The quantitative estimate of drug-likeness (QED) is 0.244. The maximum absolute atomic E-state index is 13.1. The van der Waals surface area contributed by atoms with Crippen LogP contribution in [0, 0.1) is 0 Å². The van der Waals surface area contributed by atoms with E-state index in [2.05, 4.69) is 6.92 Å². The zero-order chi connectivity index (χ0) is 24.1. The SMILES string of the molecule is CCCCCOc1ccc(/C(O)=C2/C(=O)C(=O)N(CC3CCCO3)C2c2ccc(O)cc2)cc1. The third kappa shape index (κ3) is 5.09. The average Bonchev–Trinajstić information content (AvgIpc) is 3.45. The van der Waals surface area contributed by atoms with Crippen LogP contribution in [-0.2, 0) is 14.3 Å². The lowest BCUT2D eigenvalue weighted by molar-refractivity contribution is -0.140. The molecule has 2 fully saturated rings. The van der Waals surface area contributed by atoms with Gasteiger partial charge in [0.05, 0.1) is 24.3 Å². The van der Waals surface area contributed by atoms with Gasteiger partial charge in [0.15, 0.2) is 0 Å². The van der Waals surface area contributed by atoms with E-state index in [9.17, 15) is 19.8 Å². The van der Waals surface area contributed by atoms with E-state index in [0.717, 1.165) is 32.1 Å². The Bertz CT molecular complexity index is 1040. The number of amides is 1. The number of phenolic OH excluding ortho intramolecular Hbond substituents is 1. The first-order chi connectivity index (χ1) is 16.5.